The first-order valence-electron chi connectivity index (χ1n) is 7.94. The Kier molecular flexibility index (Phi) is 4.71. The number of nitrogens with zero attached hydrogens (tertiary/aromatic N) is 3. The third-order valence-corrected chi connectivity index (χ3v) is 4.41. The predicted octanol–water partition coefficient (Wildman–Crippen LogP) is 2.21. The van der Waals surface area contributed by atoms with Crippen molar-refractivity contribution in [1.82, 2.24) is 9.88 Å². The van der Waals surface area contributed by atoms with Crippen LogP contribution >= 0.6 is 0 Å². The number of hydrogen-bond acceptors (Lipinski definition) is 4. The van der Waals surface area contributed by atoms with E-state index < -0.39 is 0 Å². The van der Waals surface area contributed by atoms with Crippen LogP contribution in [0.5, 0.6) is 0 Å². The molecule has 3 rings (SSSR count). The lowest BCUT2D eigenvalue weighted by Crippen LogP contribution is -2.49. The van der Waals surface area contributed by atoms with Crippen molar-refractivity contribution in [2.75, 3.05) is 37.6 Å². The van der Waals surface area contributed by atoms with E-state index in [2.05, 4.69) is 52.0 Å². The summed E-state index contributed by atoms with van der Waals surface area (Å²) in [5.74, 6) is 1.07. The monoisotopic (exact) mass is 296 g/mol. The summed E-state index contributed by atoms with van der Waals surface area (Å²) in [6, 6.07) is 15.1. The predicted molar refractivity (Wildman–Crippen MR) is 91.0 cm³/mol. The molecule has 1 atom stereocenters. The van der Waals surface area contributed by atoms with Gasteiger partial charge in [0.05, 0.1) is 0 Å². The average molecular weight is 296 g/mol. The fraction of sp³-hybridized carbons (Fsp3) is 0.389. The number of piperazine rings is 1. The van der Waals surface area contributed by atoms with Crippen molar-refractivity contribution in [1.29, 1.82) is 0 Å². The molecule has 4 heteroatoms. The van der Waals surface area contributed by atoms with Crippen LogP contribution in [-0.4, -0.2) is 42.6 Å². The first kappa shape index (κ1) is 15.0. The van der Waals surface area contributed by atoms with Crippen LogP contribution in [0.2, 0.25) is 0 Å². The molecule has 0 amide bonds. The highest BCUT2D eigenvalue weighted by Gasteiger charge is 2.24. The van der Waals surface area contributed by atoms with Gasteiger partial charge in [0.1, 0.15) is 5.82 Å². The van der Waals surface area contributed by atoms with Gasteiger partial charge < -0.3 is 10.6 Å². The highest BCUT2D eigenvalue weighted by atomic mass is 15.3. The molecule has 1 aliphatic heterocycles. The Labute approximate surface area is 132 Å². The molecule has 0 aliphatic carbocycles. The third kappa shape index (κ3) is 3.29. The standard InChI is InChI=1S/C18H24N4/c1-15-5-7-16(8-6-15)17(14-19)21-10-12-22(13-11-21)18-4-2-3-9-20-18/h2-9,17H,10-14,19H2,1H3. The quantitative estimate of drug-likeness (QED) is 0.939. The van der Waals surface area contributed by atoms with Crippen LogP contribution in [0, 0.1) is 6.92 Å². The summed E-state index contributed by atoms with van der Waals surface area (Å²) in [6.45, 7) is 6.82. The van der Waals surface area contributed by atoms with E-state index in [9.17, 15) is 0 Å². The van der Waals surface area contributed by atoms with Gasteiger partial charge in [-0.05, 0) is 24.6 Å². The van der Waals surface area contributed by atoms with E-state index in [4.69, 9.17) is 5.73 Å². The van der Waals surface area contributed by atoms with Gasteiger partial charge in [-0.3, -0.25) is 4.90 Å². The Bertz CT molecular complexity index is 574. The molecule has 0 radical (unpaired) electrons. The van der Waals surface area contributed by atoms with Crippen molar-refractivity contribution in [2.24, 2.45) is 5.73 Å². The van der Waals surface area contributed by atoms with Gasteiger partial charge >= 0.3 is 0 Å². The molecular weight excluding hydrogens is 272 g/mol. The molecule has 1 fully saturated rings. The van der Waals surface area contributed by atoms with E-state index in [1.54, 1.807) is 0 Å². The van der Waals surface area contributed by atoms with E-state index in [0.29, 0.717) is 12.6 Å². The Morgan fingerprint density at radius 1 is 1.05 bits per heavy atom. The number of benzene rings is 1. The minimum absolute atomic E-state index is 0.312. The van der Waals surface area contributed by atoms with E-state index in [1.165, 1.54) is 11.1 Å². The summed E-state index contributed by atoms with van der Waals surface area (Å²) in [5, 5.41) is 0. The van der Waals surface area contributed by atoms with Crippen molar-refractivity contribution >= 4 is 5.82 Å². The number of pyridine rings is 1. The summed E-state index contributed by atoms with van der Waals surface area (Å²) in [6.07, 6.45) is 1.86. The summed E-state index contributed by atoms with van der Waals surface area (Å²) in [7, 11) is 0. The minimum atomic E-state index is 0.312. The van der Waals surface area contributed by atoms with E-state index in [1.807, 2.05) is 18.3 Å². The summed E-state index contributed by atoms with van der Waals surface area (Å²) in [5.41, 5.74) is 8.66. The molecule has 0 bridgehead atoms. The Balaban J connectivity index is 1.65. The number of anilines is 1. The zero-order chi connectivity index (χ0) is 15.4. The van der Waals surface area contributed by atoms with Crippen molar-refractivity contribution in [3.05, 3.63) is 59.8 Å². The second-order valence-electron chi connectivity index (χ2n) is 5.87. The molecule has 1 aliphatic rings. The summed E-state index contributed by atoms with van der Waals surface area (Å²) in [4.78, 5) is 9.28. The van der Waals surface area contributed by atoms with Crippen LogP contribution < -0.4 is 10.6 Å². The molecule has 2 heterocycles. The van der Waals surface area contributed by atoms with Gasteiger partial charge in [-0.2, -0.15) is 0 Å². The van der Waals surface area contributed by atoms with E-state index >= 15 is 0 Å². The molecule has 0 spiro atoms. The van der Waals surface area contributed by atoms with Gasteiger partial charge in [0, 0.05) is 45.0 Å². The van der Waals surface area contributed by atoms with Crippen molar-refractivity contribution in [2.45, 2.75) is 13.0 Å². The lowest BCUT2D eigenvalue weighted by molar-refractivity contribution is 0.190. The summed E-state index contributed by atoms with van der Waals surface area (Å²) < 4.78 is 0. The molecular formula is C18H24N4. The normalized spacial score (nSPS) is 17.5. The van der Waals surface area contributed by atoms with Crippen LogP contribution in [0.3, 0.4) is 0 Å². The zero-order valence-corrected chi connectivity index (χ0v) is 13.2. The molecule has 2 aromatic rings. The van der Waals surface area contributed by atoms with Crippen LogP contribution in [0.4, 0.5) is 5.82 Å². The highest BCUT2D eigenvalue weighted by molar-refractivity contribution is 5.38. The van der Waals surface area contributed by atoms with Crippen molar-refractivity contribution < 1.29 is 0 Å². The fourth-order valence-corrected chi connectivity index (χ4v) is 3.09. The van der Waals surface area contributed by atoms with Gasteiger partial charge in [0.25, 0.3) is 0 Å². The maximum atomic E-state index is 6.05. The molecule has 1 aromatic carbocycles. The maximum absolute atomic E-state index is 6.05. The molecule has 1 saturated heterocycles. The number of rotatable bonds is 4. The van der Waals surface area contributed by atoms with Crippen molar-refractivity contribution in [3.63, 3.8) is 0 Å². The third-order valence-electron chi connectivity index (χ3n) is 4.41. The van der Waals surface area contributed by atoms with Crippen LogP contribution in [0.15, 0.2) is 48.7 Å². The van der Waals surface area contributed by atoms with E-state index in [-0.39, 0.29) is 0 Å². The number of aryl methyl sites for hydroxylation is 1. The fourth-order valence-electron chi connectivity index (χ4n) is 3.09. The number of nitrogens with two attached hydrogens (primary N) is 1. The van der Waals surface area contributed by atoms with Gasteiger partial charge in [0.15, 0.2) is 0 Å². The van der Waals surface area contributed by atoms with Crippen LogP contribution in [0.1, 0.15) is 17.2 Å². The second kappa shape index (κ2) is 6.90. The Hall–Kier alpha value is -1.91. The first-order chi connectivity index (χ1) is 10.8. The molecule has 116 valence electrons. The SMILES string of the molecule is Cc1ccc(C(CN)N2CCN(c3ccccn3)CC2)cc1. The van der Waals surface area contributed by atoms with Gasteiger partial charge in [-0.25, -0.2) is 4.98 Å². The molecule has 1 aromatic heterocycles. The molecule has 4 nitrogen and oxygen atoms in total. The topological polar surface area (TPSA) is 45.4 Å². The number of hydrogen-bond donors (Lipinski definition) is 1. The smallest absolute Gasteiger partial charge is 0.128 e. The minimum Gasteiger partial charge on any atom is -0.354 e. The van der Waals surface area contributed by atoms with Gasteiger partial charge in [0.2, 0.25) is 0 Å². The van der Waals surface area contributed by atoms with Crippen LogP contribution in [-0.2, 0) is 0 Å². The Morgan fingerprint density at radius 2 is 1.77 bits per heavy atom. The molecule has 1 unspecified atom stereocenters. The Morgan fingerprint density at radius 3 is 2.36 bits per heavy atom. The van der Waals surface area contributed by atoms with E-state index in [0.717, 1.165) is 32.0 Å². The molecule has 22 heavy (non-hydrogen) atoms. The van der Waals surface area contributed by atoms with Gasteiger partial charge in [-0.15, -0.1) is 0 Å². The average Bonchev–Trinajstić information content (AvgIpc) is 2.59. The largest absolute Gasteiger partial charge is 0.354 e. The van der Waals surface area contributed by atoms with Gasteiger partial charge in [-0.1, -0.05) is 35.9 Å². The molecule has 2 N–H and O–H groups in total. The summed E-state index contributed by atoms with van der Waals surface area (Å²) >= 11 is 0. The zero-order valence-electron chi connectivity index (χ0n) is 13.2. The van der Waals surface area contributed by atoms with Crippen LogP contribution in [0.25, 0.3) is 0 Å². The molecule has 0 saturated carbocycles. The number of aromatic nitrogens is 1. The lowest BCUT2D eigenvalue weighted by Gasteiger charge is -2.39. The lowest BCUT2D eigenvalue weighted by atomic mass is 10.0. The second-order valence-corrected chi connectivity index (χ2v) is 5.87. The highest BCUT2D eigenvalue weighted by Crippen LogP contribution is 2.23. The maximum Gasteiger partial charge on any atom is 0.128 e. The first-order valence-corrected chi connectivity index (χ1v) is 7.94. The van der Waals surface area contributed by atoms with Crippen molar-refractivity contribution in [3.8, 4) is 0 Å².